The molecule has 0 radical (unpaired) electrons. The summed E-state index contributed by atoms with van der Waals surface area (Å²) in [6, 6.07) is -0.151. The third-order valence-corrected chi connectivity index (χ3v) is 3.45. The summed E-state index contributed by atoms with van der Waals surface area (Å²) in [6.07, 6.45) is -10.8. The molecule has 1 atom stereocenters. The molecule has 1 aromatic rings. The molecule has 0 saturated heterocycles. The van der Waals surface area contributed by atoms with Crippen molar-refractivity contribution in [2.45, 2.75) is 38.7 Å². The molecule has 0 unspecified atom stereocenters. The smallest absolute Gasteiger partial charge is 0.416 e. The molecular weight excluding hydrogens is 368 g/mol. The minimum atomic E-state index is -5.00. The maximum Gasteiger partial charge on any atom is 0.416 e. The fourth-order valence-corrected chi connectivity index (χ4v) is 2.16. The van der Waals surface area contributed by atoms with Crippen LogP contribution in [0.15, 0.2) is 18.2 Å². The van der Waals surface area contributed by atoms with Gasteiger partial charge in [0, 0.05) is 0 Å². The number of benzene rings is 1. The minimum absolute atomic E-state index is 0.0211. The van der Waals surface area contributed by atoms with Crippen molar-refractivity contribution in [3.05, 3.63) is 34.9 Å². The van der Waals surface area contributed by atoms with Gasteiger partial charge < -0.3 is 10.1 Å². The van der Waals surface area contributed by atoms with Gasteiger partial charge in [-0.1, -0.05) is 13.8 Å². The van der Waals surface area contributed by atoms with Crippen LogP contribution in [0.2, 0.25) is 0 Å². The lowest BCUT2D eigenvalue weighted by Crippen LogP contribution is -2.45. The van der Waals surface area contributed by atoms with Crippen LogP contribution in [-0.2, 0) is 33.1 Å². The summed E-state index contributed by atoms with van der Waals surface area (Å²) in [7, 11) is 1.09. The number of carbonyl (C=O) groups is 2. The predicted octanol–water partition coefficient (Wildman–Crippen LogP) is 3.58. The van der Waals surface area contributed by atoms with E-state index in [9.17, 15) is 35.9 Å². The van der Waals surface area contributed by atoms with Crippen molar-refractivity contribution in [1.29, 1.82) is 0 Å². The maximum absolute atomic E-state index is 12.8. The van der Waals surface area contributed by atoms with Gasteiger partial charge in [-0.2, -0.15) is 26.3 Å². The first kappa shape index (κ1) is 21.8. The van der Waals surface area contributed by atoms with Crippen LogP contribution < -0.4 is 5.32 Å². The third-order valence-electron chi connectivity index (χ3n) is 3.45. The molecule has 0 bridgehead atoms. The lowest BCUT2D eigenvalue weighted by atomic mass is 10.0. The van der Waals surface area contributed by atoms with Gasteiger partial charge in [0.2, 0.25) is 5.91 Å². The molecule has 1 N–H and O–H groups in total. The topological polar surface area (TPSA) is 55.4 Å². The zero-order valence-electron chi connectivity index (χ0n) is 14.1. The van der Waals surface area contributed by atoms with Crippen molar-refractivity contribution in [3.8, 4) is 0 Å². The Balaban J connectivity index is 3.11. The van der Waals surface area contributed by atoms with Crippen LogP contribution in [0.3, 0.4) is 0 Å². The second-order valence-corrected chi connectivity index (χ2v) is 5.90. The molecule has 1 rings (SSSR count). The fraction of sp³-hybridized carbons (Fsp3) is 0.500. The molecule has 26 heavy (non-hydrogen) atoms. The summed E-state index contributed by atoms with van der Waals surface area (Å²) >= 11 is 0. The molecule has 1 amide bonds. The molecule has 0 spiro atoms. The van der Waals surface area contributed by atoms with Crippen LogP contribution in [0.1, 0.15) is 30.5 Å². The Kier molecular flexibility index (Phi) is 6.67. The van der Waals surface area contributed by atoms with Gasteiger partial charge >= 0.3 is 18.3 Å². The highest BCUT2D eigenvalue weighted by Gasteiger charge is 2.37. The van der Waals surface area contributed by atoms with Gasteiger partial charge in [-0.15, -0.1) is 0 Å². The molecule has 10 heteroatoms. The van der Waals surface area contributed by atoms with E-state index in [1.165, 1.54) is 0 Å². The Labute approximate surface area is 145 Å². The van der Waals surface area contributed by atoms with E-state index < -0.39 is 59.3 Å². The summed E-state index contributed by atoms with van der Waals surface area (Å²) < 4.78 is 81.4. The van der Waals surface area contributed by atoms with Crippen molar-refractivity contribution in [1.82, 2.24) is 5.32 Å². The SMILES string of the molecule is COC(=O)[C@H](NC(=O)Cc1cc(C(F)(F)F)cc(C(F)(F)F)c1)C(C)C. The number of carbonyl (C=O) groups excluding carboxylic acids is 2. The number of halogens is 6. The van der Waals surface area contributed by atoms with Crippen molar-refractivity contribution < 1.29 is 40.7 Å². The molecule has 1 aromatic carbocycles. The second kappa shape index (κ2) is 7.96. The summed E-state index contributed by atoms with van der Waals surface area (Å²) in [5, 5.41) is 2.26. The van der Waals surface area contributed by atoms with Gasteiger partial charge in [-0.05, 0) is 29.7 Å². The summed E-state index contributed by atoms with van der Waals surface area (Å²) in [6.45, 7) is 3.18. The number of nitrogens with one attached hydrogen (secondary N) is 1. The molecular formula is C16H17F6NO3. The van der Waals surface area contributed by atoms with E-state index in [1.807, 2.05) is 0 Å². The monoisotopic (exact) mass is 385 g/mol. The first-order valence-corrected chi connectivity index (χ1v) is 7.41. The number of ether oxygens (including phenoxy) is 1. The first-order chi connectivity index (χ1) is 11.8. The number of hydrogen-bond acceptors (Lipinski definition) is 3. The number of methoxy groups -OCH3 is 1. The molecule has 0 aliphatic carbocycles. The number of esters is 1. The molecule has 0 fully saturated rings. The van der Waals surface area contributed by atoms with Gasteiger partial charge in [0.05, 0.1) is 24.7 Å². The highest BCUT2D eigenvalue weighted by Crippen LogP contribution is 2.36. The highest BCUT2D eigenvalue weighted by atomic mass is 19.4. The van der Waals surface area contributed by atoms with Gasteiger partial charge in [-0.25, -0.2) is 4.79 Å². The molecule has 0 aliphatic rings. The van der Waals surface area contributed by atoms with E-state index in [2.05, 4.69) is 10.1 Å². The molecule has 0 aromatic heterocycles. The van der Waals surface area contributed by atoms with E-state index in [-0.39, 0.29) is 6.07 Å². The van der Waals surface area contributed by atoms with Crippen LogP contribution >= 0.6 is 0 Å². The Morgan fingerprint density at radius 2 is 1.46 bits per heavy atom. The standard InChI is InChI=1S/C16H17F6NO3/c1-8(2)13(14(25)26-3)23-12(24)6-9-4-10(15(17,18)19)7-11(5-9)16(20,21)22/h4-5,7-8,13H,6H2,1-3H3,(H,23,24)/t13-/m1/s1. The van der Waals surface area contributed by atoms with E-state index in [0.29, 0.717) is 12.1 Å². The summed E-state index contributed by atoms with van der Waals surface area (Å²) in [5.74, 6) is -2.06. The Hall–Kier alpha value is -2.26. The molecule has 0 saturated carbocycles. The minimum Gasteiger partial charge on any atom is -0.467 e. The zero-order chi connectivity index (χ0) is 20.3. The molecule has 146 valence electrons. The summed E-state index contributed by atoms with van der Waals surface area (Å²) in [4.78, 5) is 23.6. The lowest BCUT2D eigenvalue weighted by molar-refractivity contribution is -0.146. The van der Waals surface area contributed by atoms with E-state index in [4.69, 9.17) is 0 Å². The van der Waals surface area contributed by atoms with Crippen LogP contribution in [0, 0.1) is 5.92 Å². The van der Waals surface area contributed by atoms with Gasteiger partial charge in [0.1, 0.15) is 6.04 Å². The largest absolute Gasteiger partial charge is 0.467 e. The molecule has 0 heterocycles. The summed E-state index contributed by atoms with van der Waals surface area (Å²) in [5.41, 5.74) is -3.50. The van der Waals surface area contributed by atoms with Crippen molar-refractivity contribution in [2.24, 2.45) is 5.92 Å². The third kappa shape index (κ3) is 5.92. The molecule has 0 aliphatic heterocycles. The van der Waals surface area contributed by atoms with Crippen LogP contribution in [0.5, 0.6) is 0 Å². The first-order valence-electron chi connectivity index (χ1n) is 7.41. The van der Waals surface area contributed by atoms with E-state index in [1.54, 1.807) is 13.8 Å². The second-order valence-electron chi connectivity index (χ2n) is 5.90. The van der Waals surface area contributed by atoms with Crippen LogP contribution in [-0.4, -0.2) is 25.0 Å². The van der Waals surface area contributed by atoms with Crippen molar-refractivity contribution in [3.63, 3.8) is 0 Å². The fourth-order valence-electron chi connectivity index (χ4n) is 2.16. The van der Waals surface area contributed by atoms with E-state index >= 15 is 0 Å². The van der Waals surface area contributed by atoms with Gasteiger partial charge in [0.15, 0.2) is 0 Å². The number of rotatable bonds is 5. The highest BCUT2D eigenvalue weighted by molar-refractivity contribution is 5.85. The quantitative estimate of drug-likeness (QED) is 0.623. The van der Waals surface area contributed by atoms with Crippen molar-refractivity contribution in [2.75, 3.05) is 7.11 Å². The average molecular weight is 385 g/mol. The zero-order valence-corrected chi connectivity index (χ0v) is 14.1. The van der Waals surface area contributed by atoms with Gasteiger partial charge in [-0.3, -0.25) is 4.79 Å². The number of hydrogen-bond donors (Lipinski definition) is 1. The van der Waals surface area contributed by atoms with Crippen LogP contribution in [0.4, 0.5) is 26.3 Å². The molecule has 4 nitrogen and oxygen atoms in total. The maximum atomic E-state index is 12.8. The van der Waals surface area contributed by atoms with Gasteiger partial charge in [0.25, 0.3) is 0 Å². The van der Waals surface area contributed by atoms with Crippen LogP contribution in [0.25, 0.3) is 0 Å². The predicted molar refractivity (Wildman–Crippen MR) is 78.9 cm³/mol. The number of alkyl halides is 6. The lowest BCUT2D eigenvalue weighted by Gasteiger charge is -2.20. The average Bonchev–Trinajstić information content (AvgIpc) is 2.49. The Bertz CT molecular complexity index is 635. The Morgan fingerprint density at radius 3 is 1.81 bits per heavy atom. The van der Waals surface area contributed by atoms with E-state index in [0.717, 1.165) is 7.11 Å². The Morgan fingerprint density at radius 1 is 1.00 bits per heavy atom. The number of amides is 1. The normalized spacial score (nSPS) is 13.5. The van der Waals surface area contributed by atoms with Crippen molar-refractivity contribution >= 4 is 11.9 Å².